The van der Waals surface area contributed by atoms with Gasteiger partial charge in [-0.1, -0.05) is 12.8 Å². The molecule has 1 N–H and O–H groups in total. The van der Waals surface area contributed by atoms with Gasteiger partial charge in [-0.3, -0.25) is 4.90 Å². The molecular formula is C17H32N2O. The molecule has 4 atom stereocenters. The Morgan fingerprint density at radius 2 is 1.95 bits per heavy atom. The van der Waals surface area contributed by atoms with Gasteiger partial charge in [-0.15, -0.1) is 0 Å². The number of hydrogen-bond acceptors (Lipinski definition) is 3. The molecule has 3 aliphatic rings. The van der Waals surface area contributed by atoms with Gasteiger partial charge in [0.2, 0.25) is 0 Å². The van der Waals surface area contributed by atoms with Crippen molar-refractivity contribution in [3.63, 3.8) is 0 Å². The van der Waals surface area contributed by atoms with Crippen LogP contribution in [0.1, 0.15) is 59.3 Å². The predicted octanol–water partition coefficient (Wildman–Crippen LogP) is 2.80. The van der Waals surface area contributed by atoms with Crippen molar-refractivity contribution < 1.29 is 4.74 Å². The minimum atomic E-state index is 0.0136. The summed E-state index contributed by atoms with van der Waals surface area (Å²) in [7, 11) is 0. The summed E-state index contributed by atoms with van der Waals surface area (Å²) in [5.74, 6) is 0.972. The van der Waals surface area contributed by atoms with Gasteiger partial charge in [-0.05, 0) is 52.4 Å². The van der Waals surface area contributed by atoms with E-state index in [-0.39, 0.29) is 5.60 Å². The van der Waals surface area contributed by atoms with Crippen LogP contribution in [0.5, 0.6) is 0 Å². The molecule has 0 aromatic carbocycles. The first-order chi connectivity index (χ1) is 9.52. The number of piperidine rings is 1. The maximum atomic E-state index is 6.02. The molecule has 0 amide bonds. The molecule has 3 fully saturated rings. The Bertz CT molecular complexity index is 331. The SMILES string of the molecule is CC1CN(CC2CCC3CCCCC3N2)CC(C)(C)O1. The van der Waals surface area contributed by atoms with Crippen LogP contribution >= 0.6 is 0 Å². The Morgan fingerprint density at radius 3 is 2.75 bits per heavy atom. The maximum Gasteiger partial charge on any atom is 0.0757 e. The largest absolute Gasteiger partial charge is 0.370 e. The predicted molar refractivity (Wildman–Crippen MR) is 83.0 cm³/mol. The highest BCUT2D eigenvalue weighted by Crippen LogP contribution is 2.32. The summed E-state index contributed by atoms with van der Waals surface area (Å²) in [5, 5.41) is 3.96. The second-order valence-electron chi connectivity index (χ2n) is 7.97. The Hall–Kier alpha value is -0.120. The number of nitrogens with zero attached hydrogens (tertiary/aromatic N) is 1. The van der Waals surface area contributed by atoms with Crippen LogP contribution in [-0.2, 0) is 4.74 Å². The molecule has 0 spiro atoms. The van der Waals surface area contributed by atoms with Gasteiger partial charge in [0, 0.05) is 31.7 Å². The fourth-order valence-electron chi connectivity index (χ4n) is 4.75. The Labute approximate surface area is 124 Å². The van der Waals surface area contributed by atoms with Gasteiger partial charge in [0.1, 0.15) is 0 Å². The zero-order valence-electron chi connectivity index (χ0n) is 13.5. The number of rotatable bonds is 2. The van der Waals surface area contributed by atoms with E-state index in [1.807, 2.05) is 0 Å². The number of fused-ring (bicyclic) bond motifs is 1. The van der Waals surface area contributed by atoms with Crippen molar-refractivity contribution in [3.05, 3.63) is 0 Å². The summed E-state index contributed by atoms with van der Waals surface area (Å²) in [5.41, 5.74) is 0.0136. The highest BCUT2D eigenvalue weighted by molar-refractivity contribution is 4.92. The third kappa shape index (κ3) is 3.55. The fourth-order valence-corrected chi connectivity index (χ4v) is 4.75. The first kappa shape index (κ1) is 14.8. The molecule has 0 aromatic rings. The molecule has 4 unspecified atom stereocenters. The van der Waals surface area contributed by atoms with Gasteiger partial charge in [-0.25, -0.2) is 0 Å². The minimum Gasteiger partial charge on any atom is -0.370 e. The molecule has 0 aromatic heterocycles. The normalized spacial score (nSPS) is 42.1. The zero-order chi connectivity index (χ0) is 14.2. The smallest absolute Gasteiger partial charge is 0.0757 e. The van der Waals surface area contributed by atoms with Gasteiger partial charge in [0.25, 0.3) is 0 Å². The first-order valence-electron chi connectivity index (χ1n) is 8.68. The number of morpholine rings is 1. The van der Waals surface area contributed by atoms with Crippen molar-refractivity contribution in [1.82, 2.24) is 10.2 Å². The van der Waals surface area contributed by atoms with Crippen molar-refractivity contribution in [1.29, 1.82) is 0 Å². The van der Waals surface area contributed by atoms with E-state index in [0.29, 0.717) is 12.1 Å². The second-order valence-corrected chi connectivity index (χ2v) is 7.97. The van der Waals surface area contributed by atoms with Crippen LogP contribution < -0.4 is 5.32 Å². The van der Waals surface area contributed by atoms with E-state index in [1.54, 1.807) is 0 Å². The van der Waals surface area contributed by atoms with Gasteiger partial charge < -0.3 is 10.1 Å². The van der Waals surface area contributed by atoms with E-state index >= 15 is 0 Å². The molecule has 3 rings (SSSR count). The van der Waals surface area contributed by atoms with E-state index < -0.39 is 0 Å². The molecule has 20 heavy (non-hydrogen) atoms. The second kappa shape index (κ2) is 5.94. The van der Waals surface area contributed by atoms with Crippen molar-refractivity contribution in [2.45, 2.75) is 83.1 Å². The van der Waals surface area contributed by atoms with Gasteiger partial charge >= 0.3 is 0 Å². The van der Waals surface area contributed by atoms with Crippen molar-refractivity contribution in [3.8, 4) is 0 Å². The average molecular weight is 280 g/mol. The topological polar surface area (TPSA) is 24.5 Å². The zero-order valence-corrected chi connectivity index (χ0v) is 13.5. The summed E-state index contributed by atoms with van der Waals surface area (Å²) < 4.78 is 6.02. The van der Waals surface area contributed by atoms with Crippen molar-refractivity contribution >= 4 is 0 Å². The molecule has 3 nitrogen and oxygen atoms in total. The molecule has 2 aliphatic heterocycles. The van der Waals surface area contributed by atoms with Crippen LogP contribution in [0.2, 0.25) is 0 Å². The molecule has 0 bridgehead atoms. The molecule has 0 radical (unpaired) electrons. The maximum absolute atomic E-state index is 6.02. The van der Waals surface area contributed by atoms with Crippen LogP contribution in [0.15, 0.2) is 0 Å². The summed E-state index contributed by atoms with van der Waals surface area (Å²) in [6, 6.07) is 1.52. The molecule has 116 valence electrons. The minimum absolute atomic E-state index is 0.0136. The van der Waals surface area contributed by atoms with Crippen LogP contribution in [0, 0.1) is 5.92 Å². The number of nitrogens with one attached hydrogen (secondary N) is 1. The van der Waals surface area contributed by atoms with Gasteiger partial charge in [0.05, 0.1) is 11.7 Å². The van der Waals surface area contributed by atoms with E-state index in [2.05, 4.69) is 31.0 Å². The summed E-state index contributed by atoms with van der Waals surface area (Å²) in [6.07, 6.45) is 8.95. The highest BCUT2D eigenvalue weighted by atomic mass is 16.5. The average Bonchev–Trinajstić information content (AvgIpc) is 2.36. The summed E-state index contributed by atoms with van der Waals surface area (Å²) in [4.78, 5) is 2.62. The standard InChI is InChI=1S/C17H32N2O/c1-13-10-19(12-17(2,3)20-13)11-15-9-8-14-6-4-5-7-16(14)18-15/h13-16,18H,4-12H2,1-3H3. The molecule has 1 saturated carbocycles. The fraction of sp³-hybridized carbons (Fsp3) is 1.00. The van der Waals surface area contributed by atoms with Crippen LogP contribution in [0.25, 0.3) is 0 Å². The lowest BCUT2D eigenvalue weighted by molar-refractivity contribution is -0.130. The lowest BCUT2D eigenvalue weighted by Crippen LogP contribution is -2.58. The third-order valence-electron chi connectivity index (χ3n) is 5.36. The van der Waals surface area contributed by atoms with Crippen LogP contribution in [0.4, 0.5) is 0 Å². The number of ether oxygens (including phenoxy) is 1. The molecule has 2 saturated heterocycles. The number of hydrogen-bond donors (Lipinski definition) is 1. The molecule has 1 aliphatic carbocycles. The summed E-state index contributed by atoms with van der Waals surface area (Å²) >= 11 is 0. The molecule has 2 heterocycles. The third-order valence-corrected chi connectivity index (χ3v) is 5.36. The van der Waals surface area contributed by atoms with E-state index in [1.165, 1.54) is 45.1 Å². The Kier molecular flexibility index (Phi) is 4.40. The Morgan fingerprint density at radius 1 is 1.15 bits per heavy atom. The first-order valence-corrected chi connectivity index (χ1v) is 8.68. The van der Waals surface area contributed by atoms with Crippen LogP contribution in [0.3, 0.4) is 0 Å². The lowest BCUT2D eigenvalue weighted by Gasteiger charge is -2.46. The highest BCUT2D eigenvalue weighted by Gasteiger charge is 2.35. The van der Waals surface area contributed by atoms with Gasteiger partial charge in [0.15, 0.2) is 0 Å². The van der Waals surface area contributed by atoms with E-state index in [9.17, 15) is 0 Å². The monoisotopic (exact) mass is 280 g/mol. The molecular weight excluding hydrogens is 248 g/mol. The van der Waals surface area contributed by atoms with E-state index in [4.69, 9.17) is 4.74 Å². The summed E-state index contributed by atoms with van der Waals surface area (Å²) in [6.45, 7) is 10.0. The van der Waals surface area contributed by atoms with Crippen molar-refractivity contribution in [2.75, 3.05) is 19.6 Å². The van der Waals surface area contributed by atoms with Crippen molar-refractivity contribution in [2.24, 2.45) is 5.92 Å². The Balaban J connectivity index is 1.53. The quantitative estimate of drug-likeness (QED) is 0.842. The van der Waals surface area contributed by atoms with E-state index in [0.717, 1.165) is 25.0 Å². The van der Waals surface area contributed by atoms with Gasteiger partial charge in [-0.2, -0.15) is 0 Å². The molecule has 3 heteroatoms. The lowest BCUT2D eigenvalue weighted by atomic mass is 9.77. The van der Waals surface area contributed by atoms with Crippen LogP contribution in [-0.4, -0.2) is 48.3 Å².